The molecule has 0 aliphatic carbocycles. The Labute approximate surface area is 146 Å². The largest absolute Gasteiger partial charge is 0.373 e. The van der Waals surface area contributed by atoms with Gasteiger partial charge in [-0.15, -0.1) is 0 Å². The van der Waals surface area contributed by atoms with Gasteiger partial charge in [-0.05, 0) is 38.2 Å². The second kappa shape index (κ2) is 6.73. The Balaban J connectivity index is 1.89. The van der Waals surface area contributed by atoms with Gasteiger partial charge in [0.25, 0.3) is 0 Å². The van der Waals surface area contributed by atoms with Gasteiger partial charge < -0.3 is 9.30 Å². The number of hydrogen-bond donors (Lipinski definition) is 0. The lowest BCUT2D eigenvalue weighted by atomic mass is 10.2. The first kappa shape index (κ1) is 16.6. The molecule has 0 N–H and O–H groups in total. The zero-order chi connectivity index (χ0) is 16.6. The first-order valence-corrected chi connectivity index (χ1v) is 8.51. The lowest BCUT2D eigenvalue weighted by Crippen LogP contribution is -2.46. The lowest BCUT2D eigenvalue weighted by molar-refractivity contribution is -0.0777. The SMILES string of the molecule is C[C@@H]1CN(Cn2nc(-c3ccccc3Cl)n(C)c2=S)C[C@@H](C)O1. The van der Waals surface area contributed by atoms with Crippen LogP contribution in [0.5, 0.6) is 0 Å². The molecular weight excluding hydrogens is 332 g/mol. The van der Waals surface area contributed by atoms with Gasteiger partial charge in [-0.3, -0.25) is 4.90 Å². The van der Waals surface area contributed by atoms with Crippen LogP contribution in [-0.2, 0) is 18.5 Å². The molecule has 2 aromatic rings. The van der Waals surface area contributed by atoms with E-state index in [2.05, 4.69) is 18.7 Å². The van der Waals surface area contributed by atoms with Crippen LogP contribution >= 0.6 is 23.8 Å². The summed E-state index contributed by atoms with van der Waals surface area (Å²) < 4.78 is 10.2. The lowest BCUT2D eigenvalue weighted by Gasteiger charge is -2.34. The average molecular weight is 353 g/mol. The van der Waals surface area contributed by atoms with E-state index < -0.39 is 0 Å². The molecule has 0 amide bonds. The summed E-state index contributed by atoms with van der Waals surface area (Å²) in [6, 6.07) is 7.69. The molecule has 0 spiro atoms. The Hall–Kier alpha value is -1.21. The molecule has 2 heterocycles. The fraction of sp³-hybridized carbons (Fsp3) is 0.500. The molecule has 0 unspecified atom stereocenters. The van der Waals surface area contributed by atoms with E-state index in [-0.39, 0.29) is 12.2 Å². The van der Waals surface area contributed by atoms with Gasteiger partial charge in [0.05, 0.1) is 23.9 Å². The van der Waals surface area contributed by atoms with E-state index in [1.807, 2.05) is 40.6 Å². The highest BCUT2D eigenvalue weighted by molar-refractivity contribution is 7.71. The fourth-order valence-corrected chi connectivity index (χ4v) is 3.45. The van der Waals surface area contributed by atoms with Crippen molar-refractivity contribution in [1.82, 2.24) is 19.2 Å². The second-order valence-corrected chi connectivity index (χ2v) is 6.85. The van der Waals surface area contributed by atoms with Crippen LogP contribution < -0.4 is 0 Å². The van der Waals surface area contributed by atoms with Crippen molar-refractivity contribution in [3.63, 3.8) is 0 Å². The van der Waals surface area contributed by atoms with Gasteiger partial charge in [-0.2, -0.15) is 5.10 Å². The highest BCUT2D eigenvalue weighted by Gasteiger charge is 2.23. The molecule has 7 heteroatoms. The summed E-state index contributed by atoms with van der Waals surface area (Å²) in [6.45, 7) is 6.61. The smallest absolute Gasteiger partial charge is 0.199 e. The molecule has 1 aliphatic rings. The summed E-state index contributed by atoms with van der Waals surface area (Å²) in [5.41, 5.74) is 0.894. The van der Waals surface area contributed by atoms with Gasteiger partial charge in [-0.25, -0.2) is 4.68 Å². The third-order valence-electron chi connectivity index (χ3n) is 3.98. The summed E-state index contributed by atoms with van der Waals surface area (Å²) in [5.74, 6) is 0.787. The Morgan fingerprint density at radius 2 is 1.91 bits per heavy atom. The highest BCUT2D eigenvalue weighted by atomic mass is 35.5. The number of halogens is 1. The number of nitrogens with zero attached hydrogens (tertiary/aromatic N) is 4. The third kappa shape index (κ3) is 3.50. The monoisotopic (exact) mass is 352 g/mol. The van der Waals surface area contributed by atoms with Crippen molar-refractivity contribution < 1.29 is 4.74 Å². The third-order valence-corrected chi connectivity index (χ3v) is 4.80. The summed E-state index contributed by atoms with van der Waals surface area (Å²) in [4.78, 5) is 2.32. The van der Waals surface area contributed by atoms with Crippen molar-refractivity contribution in [3.8, 4) is 11.4 Å². The Morgan fingerprint density at radius 3 is 2.57 bits per heavy atom. The predicted molar refractivity (Wildman–Crippen MR) is 94.1 cm³/mol. The van der Waals surface area contributed by atoms with Crippen LogP contribution in [0.15, 0.2) is 24.3 Å². The van der Waals surface area contributed by atoms with Gasteiger partial charge in [0.2, 0.25) is 0 Å². The van der Waals surface area contributed by atoms with E-state index >= 15 is 0 Å². The van der Waals surface area contributed by atoms with E-state index in [0.29, 0.717) is 16.5 Å². The number of benzene rings is 1. The second-order valence-electron chi connectivity index (χ2n) is 6.08. The van der Waals surface area contributed by atoms with E-state index in [9.17, 15) is 0 Å². The van der Waals surface area contributed by atoms with Crippen LogP contribution in [0.3, 0.4) is 0 Å². The first-order valence-electron chi connectivity index (χ1n) is 7.72. The van der Waals surface area contributed by atoms with E-state index in [4.69, 9.17) is 33.7 Å². The zero-order valence-corrected chi connectivity index (χ0v) is 15.1. The summed E-state index contributed by atoms with van der Waals surface area (Å²) >= 11 is 11.8. The number of rotatable bonds is 3. The number of aromatic nitrogens is 3. The van der Waals surface area contributed by atoms with Gasteiger partial charge in [-0.1, -0.05) is 23.7 Å². The minimum Gasteiger partial charge on any atom is -0.373 e. The van der Waals surface area contributed by atoms with Crippen LogP contribution in [0.25, 0.3) is 11.4 Å². The Bertz CT molecular complexity index is 747. The number of morpholine rings is 1. The molecule has 124 valence electrons. The van der Waals surface area contributed by atoms with Crippen molar-refractivity contribution in [2.24, 2.45) is 7.05 Å². The molecule has 1 saturated heterocycles. The molecule has 1 fully saturated rings. The van der Waals surface area contributed by atoms with Crippen LogP contribution in [-0.4, -0.2) is 44.5 Å². The van der Waals surface area contributed by atoms with E-state index in [0.717, 1.165) is 24.5 Å². The molecule has 1 aromatic heterocycles. The quantitative estimate of drug-likeness (QED) is 0.794. The van der Waals surface area contributed by atoms with Crippen LogP contribution in [0, 0.1) is 4.77 Å². The van der Waals surface area contributed by atoms with Gasteiger partial charge >= 0.3 is 0 Å². The molecule has 2 atom stereocenters. The normalized spacial score (nSPS) is 22.4. The Kier molecular flexibility index (Phi) is 4.87. The predicted octanol–water partition coefficient (Wildman–Crippen LogP) is 3.34. The topological polar surface area (TPSA) is 35.2 Å². The highest BCUT2D eigenvalue weighted by Crippen LogP contribution is 2.26. The van der Waals surface area contributed by atoms with Crippen molar-refractivity contribution in [3.05, 3.63) is 34.1 Å². The molecule has 1 aromatic carbocycles. The summed E-state index contributed by atoms with van der Waals surface area (Å²) in [5, 5.41) is 5.37. The van der Waals surface area contributed by atoms with Crippen LogP contribution in [0.2, 0.25) is 5.02 Å². The summed E-state index contributed by atoms with van der Waals surface area (Å²) in [7, 11) is 1.93. The van der Waals surface area contributed by atoms with Gasteiger partial charge in [0, 0.05) is 25.7 Å². The van der Waals surface area contributed by atoms with E-state index in [1.165, 1.54) is 0 Å². The summed E-state index contributed by atoms with van der Waals surface area (Å²) in [6.07, 6.45) is 0.444. The van der Waals surface area contributed by atoms with Crippen LogP contribution in [0.1, 0.15) is 13.8 Å². The van der Waals surface area contributed by atoms with Crippen molar-refractivity contribution in [2.45, 2.75) is 32.7 Å². The van der Waals surface area contributed by atoms with Crippen molar-refractivity contribution in [2.75, 3.05) is 13.1 Å². The molecule has 23 heavy (non-hydrogen) atoms. The molecule has 1 aliphatic heterocycles. The van der Waals surface area contributed by atoms with Crippen molar-refractivity contribution >= 4 is 23.8 Å². The molecule has 0 bridgehead atoms. The Morgan fingerprint density at radius 1 is 1.26 bits per heavy atom. The van der Waals surface area contributed by atoms with Gasteiger partial charge in [0.15, 0.2) is 10.6 Å². The maximum atomic E-state index is 6.30. The number of hydrogen-bond acceptors (Lipinski definition) is 4. The molecule has 3 rings (SSSR count). The van der Waals surface area contributed by atoms with E-state index in [1.54, 1.807) is 0 Å². The minimum atomic E-state index is 0.222. The standard InChI is InChI=1S/C16H21ClN4OS/c1-11-8-20(9-12(2)22-11)10-21-16(23)19(3)15(18-21)13-6-4-5-7-14(13)17/h4-7,11-12H,8-10H2,1-3H3/t11-,12-/m1/s1. The molecular formula is C16H21ClN4OS. The van der Waals surface area contributed by atoms with Crippen LogP contribution in [0.4, 0.5) is 0 Å². The van der Waals surface area contributed by atoms with Crippen molar-refractivity contribution in [1.29, 1.82) is 0 Å². The average Bonchev–Trinajstić information content (AvgIpc) is 2.75. The molecule has 0 radical (unpaired) electrons. The maximum absolute atomic E-state index is 6.30. The molecule has 5 nitrogen and oxygen atoms in total. The maximum Gasteiger partial charge on any atom is 0.199 e. The fourth-order valence-electron chi connectivity index (χ4n) is 3.05. The first-order chi connectivity index (χ1) is 11.0. The van der Waals surface area contributed by atoms with Gasteiger partial charge in [0.1, 0.15) is 0 Å². The zero-order valence-electron chi connectivity index (χ0n) is 13.6. The number of ether oxygens (including phenoxy) is 1. The molecule has 0 saturated carbocycles. The minimum absolute atomic E-state index is 0.222.